The number of rotatable bonds is 3. The van der Waals surface area contributed by atoms with Crippen LogP contribution in [0.1, 0.15) is 24.3 Å². The van der Waals surface area contributed by atoms with Crippen molar-refractivity contribution >= 4 is 35.7 Å². The number of likely N-dealkylation sites (tertiary alicyclic amines) is 2. The van der Waals surface area contributed by atoms with E-state index in [0.29, 0.717) is 20.9 Å². The number of nitrogens with two attached hydrogens (primary N) is 2. The van der Waals surface area contributed by atoms with Gasteiger partial charge in [-0.15, -0.1) is 0 Å². The number of urea groups is 2. The molecule has 5 rings (SSSR count). The van der Waals surface area contributed by atoms with E-state index < -0.39 is 71.2 Å². The Labute approximate surface area is 209 Å². The molecule has 2 heterocycles. The molecule has 5 N–H and O–H groups in total. The minimum atomic E-state index is -1.22. The Kier molecular flexibility index (Phi) is 5.46. The topological polar surface area (TPSA) is 200 Å². The molecule has 8 amide bonds. The zero-order valence-corrected chi connectivity index (χ0v) is 19.9. The van der Waals surface area contributed by atoms with Crippen LogP contribution in [0.25, 0.3) is 0 Å². The third-order valence-electron chi connectivity index (χ3n) is 7.95. The number of phenols is 1. The van der Waals surface area contributed by atoms with Gasteiger partial charge in [-0.25, -0.2) is 9.59 Å². The minimum Gasteiger partial charge on any atom is -0.502 e. The first-order valence-electron chi connectivity index (χ1n) is 11.5. The highest BCUT2D eigenvalue weighted by atomic mass is 16.5. The highest BCUT2D eigenvalue weighted by Crippen LogP contribution is 2.58. The normalized spacial score (nSPS) is 30.5. The van der Waals surface area contributed by atoms with Crippen LogP contribution in [0.2, 0.25) is 0 Å². The second-order valence-electron chi connectivity index (χ2n) is 9.50. The summed E-state index contributed by atoms with van der Waals surface area (Å²) < 4.78 is 10.5. The van der Waals surface area contributed by atoms with Gasteiger partial charge in [-0.05, 0) is 36.5 Å². The number of aromatic hydroxyl groups is 1. The number of benzene rings is 1. The average Bonchev–Trinajstić information content (AvgIpc) is 3.26. The van der Waals surface area contributed by atoms with Gasteiger partial charge in [0.1, 0.15) is 0 Å². The number of hydrogen-bond acceptors (Lipinski definition) is 9. The van der Waals surface area contributed by atoms with Gasteiger partial charge in [0, 0.05) is 5.92 Å². The van der Waals surface area contributed by atoms with Crippen molar-refractivity contribution in [2.75, 3.05) is 14.2 Å². The third-order valence-corrected chi connectivity index (χ3v) is 7.95. The monoisotopic (exact) mass is 512 g/mol. The first-order chi connectivity index (χ1) is 17.5. The zero-order chi connectivity index (χ0) is 26.9. The fourth-order valence-electron chi connectivity index (χ4n) is 6.49. The number of carbonyl (C=O) groups excluding carboxylic acids is 6. The van der Waals surface area contributed by atoms with Crippen LogP contribution in [0.3, 0.4) is 0 Å². The highest BCUT2D eigenvalue weighted by Gasteiger charge is 2.63. The second kappa shape index (κ2) is 8.32. The Morgan fingerprint density at radius 2 is 1.35 bits per heavy atom. The van der Waals surface area contributed by atoms with Crippen molar-refractivity contribution in [1.82, 2.24) is 9.80 Å². The Hall–Kier alpha value is -4.42. The molecule has 0 spiro atoms. The highest BCUT2D eigenvalue weighted by molar-refractivity contribution is 6.18. The molecule has 2 aliphatic heterocycles. The molecule has 13 heteroatoms. The third kappa shape index (κ3) is 3.22. The van der Waals surface area contributed by atoms with Crippen LogP contribution in [0, 0.1) is 29.6 Å². The fraction of sp³-hybridized carbons (Fsp3) is 0.417. The number of imide groups is 6. The molecular weight excluding hydrogens is 488 g/mol. The van der Waals surface area contributed by atoms with Crippen LogP contribution in [-0.2, 0) is 19.2 Å². The predicted octanol–water partition coefficient (Wildman–Crippen LogP) is 0.203. The van der Waals surface area contributed by atoms with Crippen molar-refractivity contribution in [1.29, 1.82) is 0 Å². The van der Waals surface area contributed by atoms with Gasteiger partial charge < -0.3 is 26.0 Å². The van der Waals surface area contributed by atoms with Gasteiger partial charge in [0.25, 0.3) is 0 Å². The maximum atomic E-state index is 13.4. The summed E-state index contributed by atoms with van der Waals surface area (Å²) in [6, 6.07) is 0.565. The number of methoxy groups -OCH3 is 2. The Balaban J connectivity index is 1.70. The lowest BCUT2D eigenvalue weighted by Gasteiger charge is -2.44. The van der Waals surface area contributed by atoms with Crippen LogP contribution in [0.5, 0.6) is 17.2 Å². The van der Waals surface area contributed by atoms with Gasteiger partial charge >= 0.3 is 12.1 Å². The molecule has 37 heavy (non-hydrogen) atoms. The summed E-state index contributed by atoms with van der Waals surface area (Å²) in [5.74, 6) is -8.71. The summed E-state index contributed by atoms with van der Waals surface area (Å²) in [4.78, 5) is 77.4. The molecule has 6 atom stereocenters. The number of ether oxygens (including phenoxy) is 2. The lowest BCUT2D eigenvalue weighted by molar-refractivity contribution is -0.138. The van der Waals surface area contributed by atoms with Gasteiger partial charge in [0.15, 0.2) is 11.5 Å². The number of fused-ring (bicyclic) bond motifs is 4. The first kappa shape index (κ1) is 24.3. The summed E-state index contributed by atoms with van der Waals surface area (Å²) >= 11 is 0. The molecule has 0 unspecified atom stereocenters. The molecule has 194 valence electrons. The number of hydrogen-bond donors (Lipinski definition) is 3. The minimum absolute atomic E-state index is 0.0134. The maximum absolute atomic E-state index is 13.4. The average molecular weight is 512 g/mol. The molecule has 0 aromatic heterocycles. The fourth-order valence-corrected chi connectivity index (χ4v) is 6.49. The molecule has 4 aliphatic rings. The standard InChI is InChI=1S/C24H24N4O9/c1-36-13-5-8(6-14(37-2)18(13)29)15-9-3-4-10-16(21(32)27(19(10)30)23(25)34)11(9)7-12-17(15)22(33)28(20(12)31)24(26)35/h3,5-6,10-12,15-17,29H,4,7H2,1-2H3,(H2,25,34)(H2,26,35)/t10-,11+,12+,15-,16-,17+/m0/s1. The van der Waals surface area contributed by atoms with E-state index in [0.717, 1.165) is 0 Å². The van der Waals surface area contributed by atoms with Gasteiger partial charge in [-0.1, -0.05) is 11.6 Å². The van der Waals surface area contributed by atoms with Crippen molar-refractivity contribution < 1.29 is 43.3 Å². The summed E-state index contributed by atoms with van der Waals surface area (Å²) in [6.45, 7) is 0. The molecule has 0 bridgehead atoms. The number of allylic oxidation sites excluding steroid dienone is 2. The quantitative estimate of drug-likeness (QED) is 0.374. The molecule has 3 fully saturated rings. The summed E-state index contributed by atoms with van der Waals surface area (Å²) in [7, 11) is 2.66. The second-order valence-corrected chi connectivity index (χ2v) is 9.50. The molecule has 13 nitrogen and oxygen atoms in total. The summed E-state index contributed by atoms with van der Waals surface area (Å²) in [5, 5.41) is 10.4. The van der Waals surface area contributed by atoms with E-state index in [1.165, 1.54) is 26.4 Å². The molecule has 2 saturated heterocycles. The van der Waals surface area contributed by atoms with Crippen LogP contribution >= 0.6 is 0 Å². The molecule has 1 aromatic carbocycles. The lowest BCUT2D eigenvalue weighted by Crippen LogP contribution is -2.44. The zero-order valence-electron chi connectivity index (χ0n) is 19.9. The van der Waals surface area contributed by atoms with Crippen LogP contribution in [0.15, 0.2) is 23.8 Å². The van der Waals surface area contributed by atoms with E-state index in [2.05, 4.69) is 0 Å². The van der Waals surface area contributed by atoms with E-state index in [1.807, 2.05) is 0 Å². The molecule has 0 radical (unpaired) electrons. The number of carbonyl (C=O) groups is 6. The van der Waals surface area contributed by atoms with E-state index >= 15 is 0 Å². The van der Waals surface area contributed by atoms with Crippen molar-refractivity contribution in [2.45, 2.75) is 18.8 Å². The maximum Gasteiger partial charge on any atom is 0.328 e. The van der Waals surface area contributed by atoms with Crippen LogP contribution in [0.4, 0.5) is 9.59 Å². The Bertz CT molecular complexity index is 1300. The van der Waals surface area contributed by atoms with Gasteiger partial charge in [0.05, 0.1) is 37.9 Å². The SMILES string of the molecule is COc1cc([C@H]2C3=CC[C@@H]4C(=O)N(C(N)=O)C(=O)[C@@H]4[C@@H]3C[C@H]3C(=O)N(C(N)=O)C(=O)[C@@H]23)cc(OC)c1O. The smallest absolute Gasteiger partial charge is 0.328 e. The Morgan fingerprint density at radius 3 is 1.86 bits per heavy atom. The van der Waals surface area contributed by atoms with Crippen molar-refractivity contribution in [3.05, 3.63) is 29.3 Å². The lowest BCUT2D eigenvalue weighted by atomic mass is 9.57. The van der Waals surface area contributed by atoms with E-state index in [1.54, 1.807) is 6.08 Å². The predicted molar refractivity (Wildman–Crippen MR) is 122 cm³/mol. The van der Waals surface area contributed by atoms with E-state index in [9.17, 15) is 33.9 Å². The van der Waals surface area contributed by atoms with Crippen molar-refractivity contribution in [2.24, 2.45) is 41.1 Å². The van der Waals surface area contributed by atoms with Gasteiger partial charge in [0.2, 0.25) is 29.4 Å². The molecular formula is C24H24N4O9. The molecule has 1 aromatic rings. The number of nitrogens with zero attached hydrogens (tertiary/aromatic N) is 2. The van der Waals surface area contributed by atoms with Crippen LogP contribution in [-0.4, -0.2) is 64.8 Å². The van der Waals surface area contributed by atoms with Crippen molar-refractivity contribution in [3.63, 3.8) is 0 Å². The van der Waals surface area contributed by atoms with Gasteiger partial charge in [-0.3, -0.25) is 19.2 Å². The number of phenolic OH excluding ortho intramolecular Hbond substituents is 1. The van der Waals surface area contributed by atoms with Gasteiger partial charge in [-0.2, -0.15) is 9.80 Å². The summed E-state index contributed by atoms with van der Waals surface area (Å²) in [6.07, 6.45) is 1.83. The van der Waals surface area contributed by atoms with E-state index in [-0.39, 0.29) is 30.1 Å². The molecule has 1 saturated carbocycles. The van der Waals surface area contributed by atoms with Crippen LogP contribution < -0.4 is 20.9 Å². The van der Waals surface area contributed by atoms with E-state index in [4.69, 9.17) is 20.9 Å². The number of amides is 8. The Morgan fingerprint density at radius 1 is 0.838 bits per heavy atom. The number of primary amides is 2. The largest absolute Gasteiger partial charge is 0.502 e. The van der Waals surface area contributed by atoms with Crippen molar-refractivity contribution in [3.8, 4) is 17.2 Å². The molecule has 2 aliphatic carbocycles. The summed E-state index contributed by atoms with van der Waals surface area (Å²) in [5.41, 5.74) is 11.7. The first-order valence-corrected chi connectivity index (χ1v) is 11.5.